The van der Waals surface area contributed by atoms with E-state index >= 15 is 0 Å². The SMILES string of the molecule is O=C1CCC(=O)OS(=O)(=O)O1.[Na].[Na]. The fourth-order valence-electron chi connectivity index (χ4n) is 0.532. The van der Waals surface area contributed by atoms with Crippen molar-refractivity contribution in [2.45, 2.75) is 12.8 Å². The van der Waals surface area contributed by atoms with E-state index in [1.54, 1.807) is 0 Å². The van der Waals surface area contributed by atoms with Crippen LogP contribution in [0, 0.1) is 0 Å². The molecule has 0 N–H and O–H groups in total. The Kier molecular flexibility index (Phi) is 8.02. The van der Waals surface area contributed by atoms with Crippen LogP contribution in [0.5, 0.6) is 0 Å². The van der Waals surface area contributed by atoms with Crippen LogP contribution in [-0.4, -0.2) is 79.5 Å². The Labute approximate surface area is 119 Å². The molecule has 0 amide bonds. The van der Waals surface area contributed by atoms with Crippen LogP contribution in [0.15, 0.2) is 0 Å². The Balaban J connectivity index is 0. The first-order chi connectivity index (χ1) is 4.99. The van der Waals surface area contributed by atoms with Gasteiger partial charge in [-0.15, -0.1) is 8.42 Å². The minimum Gasteiger partial charge on any atom is -0.316 e. The number of rotatable bonds is 0. The quantitative estimate of drug-likeness (QED) is 0.460. The molecule has 0 saturated carbocycles. The van der Waals surface area contributed by atoms with Gasteiger partial charge in [-0.25, -0.2) is 0 Å². The molecule has 1 heterocycles. The van der Waals surface area contributed by atoms with Crippen molar-refractivity contribution in [1.82, 2.24) is 0 Å². The first-order valence-corrected chi connectivity index (χ1v) is 4.02. The summed E-state index contributed by atoms with van der Waals surface area (Å²) >= 11 is 0. The molecule has 1 rings (SSSR count). The third-order valence-corrected chi connectivity index (χ3v) is 1.70. The van der Waals surface area contributed by atoms with Crippen molar-refractivity contribution in [3.8, 4) is 0 Å². The zero-order chi connectivity index (χ0) is 8.48. The Morgan fingerprint density at radius 3 is 1.54 bits per heavy atom. The predicted octanol–water partition coefficient (Wildman–Crippen LogP) is -1.65. The van der Waals surface area contributed by atoms with Crippen molar-refractivity contribution in [3.63, 3.8) is 0 Å². The summed E-state index contributed by atoms with van der Waals surface area (Å²) in [7, 11) is -4.42. The van der Waals surface area contributed by atoms with Crippen LogP contribution in [0.2, 0.25) is 0 Å². The van der Waals surface area contributed by atoms with Crippen LogP contribution in [0.1, 0.15) is 12.8 Å². The molecule has 1 fully saturated rings. The molecule has 1 aliphatic heterocycles. The summed E-state index contributed by atoms with van der Waals surface area (Å²) in [5.41, 5.74) is 0. The average molecular weight is 226 g/mol. The van der Waals surface area contributed by atoms with Gasteiger partial charge in [0.25, 0.3) is 0 Å². The summed E-state index contributed by atoms with van der Waals surface area (Å²) in [5, 5.41) is 0. The van der Waals surface area contributed by atoms with E-state index in [1.165, 1.54) is 0 Å². The van der Waals surface area contributed by atoms with E-state index in [4.69, 9.17) is 0 Å². The molecule has 1 aliphatic rings. The minimum absolute atomic E-state index is 0. The monoisotopic (exact) mass is 226 g/mol. The van der Waals surface area contributed by atoms with E-state index in [1.807, 2.05) is 0 Å². The van der Waals surface area contributed by atoms with E-state index in [0.29, 0.717) is 0 Å². The molecular weight excluding hydrogens is 222 g/mol. The molecule has 1 saturated heterocycles. The summed E-state index contributed by atoms with van der Waals surface area (Å²) in [4.78, 5) is 20.8. The maximum atomic E-state index is 10.4. The van der Waals surface area contributed by atoms with Gasteiger partial charge < -0.3 is 8.37 Å². The molecule has 0 atom stereocenters. The Bertz CT molecular complexity index is 272. The first-order valence-electron chi connectivity index (χ1n) is 2.69. The fourth-order valence-corrected chi connectivity index (χ4v) is 1.19. The largest absolute Gasteiger partial charge is 0.506 e. The Morgan fingerprint density at radius 2 is 1.23 bits per heavy atom. The molecule has 0 unspecified atom stereocenters. The maximum Gasteiger partial charge on any atom is 0.506 e. The average Bonchev–Trinajstić information content (AvgIpc) is 1.89. The minimum atomic E-state index is -4.42. The summed E-state index contributed by atoms with van der Waals surface area (Å²) in [6.45, 7) is 0. The van der Waals surface area contributed by atoms with Crippen LogP contribution in [0.25, 0.3) is 0 Å². The van der Waals surface area contributed by atoms with Crippen molar-refractivity contribution < 1.29 is 26.4 Å². The Hall–Kier alpha value is 0.890. The van der Waals surface area contributed by atoms with Crippen LogP contribution in [-0.2, 0) is 28.4 Å². The standard InChI is InChI=1S/C4H4O6S.2Na/c5-3-1-2-4(6)10-11(7,8)9-3;;/h1-2H2;;. The zero-order valence-corrected chi connectivity index (χ0v) is 12.1. The molecule has 13 heavy (non-hydrogen) atoms. The van der Waals surface area contributed by atoms with E-state index in [-0.39, 0.29) is 72.0 Å². The molecule has 64 valence electrons. The summed E-state index contributed by atoms with van der Waals surface area (Å²) < 4.78 is 28.3. The normalized spacial score (nSPS) is 19.7. The van der Waals surface area contributed by atoms with Crippen molar-refractivity contribution in [3.05, 3.63) is 0 Å². The summed E-state index contributed by atoms with van der Waals surface area (Å²) in [6, 6.07) is 0. The first kappa shape index (κ1) is 16.3. The molecule has 2 radical (unpaired) electrons. The maximum absolute atomic E-state index is 10.4. The van der Waals surface area contributed by atoms with Gasteiger partial charge in [0.05, 0.1) is 12.8 Å². The van der Waals surface area contributed by atoms with E-state index in [0.717, 1.165) is 0 Å². The van der Waals surface area contributed by atoms with Gasteiger partial charge in [0.1, 0.15) is 0 Å². The van der Waals surface area contributed by atoms with E-state index in [2.05, 4.69) is 8.37 Å². The van der Waals surface area contributed by atoms with E-state index in [9.17, 15) is 18.0 Å². The molecule has 6 nitrogen and oxygen atoms in total. The van der Waals surface area contributed by atoms with Gasteiger partial charge >= 0.3 is 22.3 Å². The topological polar surface area (TPSA) is 86.7 Å². The smallest absolute Gasteiger partial charge is 0.316 e. The third kappa shape index (κ3) is 6.05. The van der Waals surface area contributed by atoms with Gasteiger partial charge in [-0.3, -0.25) is 9.59 Å². The van der Waals surface area contributed by atoms with Crippen molar-refractivity contribution in [1.29, 1.82) is 0 Å². The third-order valence-electron chi connectivity index (χ3n) is 0.923. The van der Waals surface area contributed by atoms with Crippen molar-refractivity contribution in [2.75, 3.05) is 0 Å². The van der Waals surface area contributed by atoms with Gasteiger partial charge in [-0.05, 0) is 0 Å². The van der Waals surface area contributed by atoms with Crippen molar-refractivity contribution >= 4 is 81.5 Å². The van der Waals surface area contributed by atoms with E-state index < -0.39 is 22.3 Å². The Morgan fingerprint density at radius 1 is 0.923 bits per heavy atom. The second-order valence-corrected chi connectivity index (χ2v) is 2.97. The van der Waals surface area contributed by atoms with Gasteiger partial charge in [0, 0.05) is 59.1 Å². The number of carbonyl (C=O) groups is 2. The second kappa shape index (κ2) is 6.39. The fraction of sp³-hybridized carbons (Fsp3) is 0.500. The van der Waals surface area contributed by atoms with Crippen molar-refractivity contribution in [2.24, 2.45) is 0 Å². The van der Waals surface area contributed by atoms with Gasteiger partial charge in [0.15, 0.2) is 0 Å². The van der Waals surface area contributed by atoms with Gasteiger partial charge in [-0.1, -0.05) is 0 Å². The molecule has 0 bridgehead atoms. The molecule has 0 spiro atoms. The number of hydrogen-bond donors (Lipinski definition) is 0. The molecule has 0 aromatic carbocycles. The van der Waals surface area contributed by atoms with Crippen LogP contribution >= 0.6 is 0 Å². The van der Waals surface area contributed by atoms with Crippen LogP contribution in [0.4, 0.5) is 0 Å². The van der Waals surface area contributed by atoms with Gasteiger partial charge in [-0.2, -0.15) is 0 Å². The molecular formula is C4H4Na2O6S. The zero-order valence-electron chi connectivity index (χ0n) is 7.27. The molecule has 0 aliphatic carbocycles. The van der Waals surface area contributed by atoms with Crippen LogP contribution < -0.4 is 0 Å². The molecule has 9 heteroatoms. The summed E-state index contributed by atoms with van der Waals surface area (Å²) in [5.74, 6) is -1.95. The van der Waals surface area contributed by atoms with Gasteiger partial charge in [0.2, 0.25) is 0 Å². The number of hydrogen-bond acceptors (Lipinski definition) is 6. The number of carbonyl (C=O) groups excluding carboxylic acids is 2. The molecule has 0 aromatic rings. The second-order valence-electron chi connectivity index (χ2n) is 1.82. The molecule has 0 aromatic heterocycles. The van der Waals surface area contributed by atoms with Crippen LogP contribution in [0.3, 0.4) is 0 Å². The summed E-state index contributed by atoms with van der Waals surface area (Å²) in [6.07, 6.45) is -0.532. The predicted molar refractivity (Wildman–Crippen MR) is 41.8 cm³/mol.